The minimum absolute atomic E-state index is 0.114. The van der Waals surface area contributed by atoms with Gasteiger partial charge >= 0.3 is 5.97 Å². The largest absolute Gasteiger partial charge is 0.478 e. The Kier molecular flexibility index (Phi) is 8.06. The number of aryl methyl sites for hydroxylation is 2. The van der Waals surface area contributed by atoms with Crippen LogP contribution in [0.1, 0.15) is 40.7 Å². The molecule has 0 saturated heterocycles. The van der Waals surface area contributed by atoms with Crippen molar-refractivity contribution in [3.63, 3.8) is 0 Å². The monoisotopic (exact) mass is 526 g/mol. The molecule has 11 heteroatoms. The van der Waals surface area contributed by atoms with E-state index in [4.69, 9.17) is 15.2 Å². The lowest BCUT2D eigenvalue weighted by atomic mass is 9.96. The van der Waals surface area contributed by atoms with Gasteiger partial charge in [-0.1, -0.05) is 24.3 Å². The number of benzene rings is 2. The molecule has 1 saturated carbocycles. The molecule has 1 aliphatic rings. The summed E-state index contributed by atoms with van der Waals surface area (Å²) in [5.41, 5.74) is 9.17. The van der Waals surface area contributed by atoms with Crippen molar-refractivity contribution in [3.8, 4) is 17.1 Å². The van der Waals surface area contributed by atoms with Crippen LogP contribution < -0.4 is 15.2 Å². The third kappa shape index (κ3) is 6.62. The van der Waals surface area contributed by atoms with Crippen molar-refractivity contribution in [2.24, 2.45) is 5.73 Å². The molecule has 1 aliphatic carbocycles. The molecule has 37 heavy (non-hydrogen) atoms. The fraction of sp³-hybridized carbons (Fsp3) is 0.346. The lowest BCUT2D eigenvalue weighted by molar-refractivity contribution is -0.00892. The summed E-state index contributed by atoms with van der Waals surface area (Å²) in [6.45, 7) is 4.32. The quantitative estimate of drug-likeness (QED) is 0.340. The number of hydrogen-bond acceptors (Lipinski definition) is 8. The summed E-state index contributed by atoms with van der Waals surface area (Å²) in [5, 5.41) is 9.23. The zero-order valence-corrected chi connectivity index (χ0v) is 21.5. The highest BCUT2D eigenvalue weighted by Crippen LogP contribution is 2.29. The van der Waals surface area contributed by atoms with Gasteiger partial charge < -0.3 is 20.3 Å². The molecule has 0 bridgehead atoms. The van der Waals surface area contributed by atoms with Crippen LogP contribution in [0.2, 0.25) is 0 Å². The summed E-state index contributed by atoms with van der Waals surface area (Å²) in [4.78, 5) is 19.8. The minimum Gasteiger partial charge on any atom is -0.478 e. The molecule has 1 heterocycles. The summed E-state index contributed by atoms with van der Waals surface area (Å²) in [6.07, 6.45) is 3.49. The minimum atomic E-state index is -4.19. The predicted molar refractivity (Wildman–Crippen MR) is 138 cm³/mol. The van der Waals surface area contributed by atoms with E-state index in [0.29, 0.717) is 12.3 Å². The molecule has 196 valence electrons. The number of rotatable bonds is 11. The normalized spacial score (nSPS) is 14.6. The molecule has 0 unspecified atom stereocenters. The van der Waals surface area contributed by atoms with Gasteiger partial charge in [-0.25, -0.2) is 22.9 Å². The van der Waals surface area contributed by atoms with Gasteiger partial charge in [0.2, 0.25) is 11.8 Å². The molecule has 1 aromatic heterocycles. The van der Waals surface area contributed by atoms with Crippen molar-refractivity contribution in [2.75, 3.05) is 17.9 Å². The first kappa shape index (κ1) is 26.5. The molecule has 3 aromatic rings. The molecular formula is C26H30N4O6S. The zero-order chi connectivity index (χ0) is 26.6. The zero-order valence-electron chi connectivity index (χ0n) is 20.7. The van der Waals surface area contributed by atoms with Gasteiger partial charge in [0.05, 0.1) is 34.9 Å². The van der Waals surface area contributed by atoms with E-state index in [1.807, 2.05) is 32.0 Å². The SMILES string of the molecule is Cc1cccc(C)c1-c1cc(OC[C@H](N)COC2CCC2)nc(NS(=O)(=O)c2cccc(C(=O)O)c2)n1. The summed E-state index contributed by atoms with van der Waals surface area (Å²) < 4.78 is 40.1. The first-order valence-corrected chi connectivity index (χ1v) is 13.4. The Hall–Kier alpha value is -3.54. The Morgan fingerprint density at radius 3 is 2.46 bits per heavy atom. The van der Waals surface area contributed by atoms with Crippen LogP contribution in [-0.2, 0) is 14.8 Å². The number of nitrogens with one attached hydrogen (secondary N) is 1. The Bertz CT molecular complexity index is 1370. The molecule has 4 N–H and O–H groups in total. The fourth-order valence-corrected chi connectivity index (χ4v) is 4.89. The van der Waals surface area contributed by atoms with E-state index >= 15 is 0 Å². The number of carbonyl (C=O) groups is 1. The summed E-state index contributed by atoms with van der Waals surface area (Å²) in [6, 6.07) is 12.1. The number of sulfonamides is 1. The van der Waals surface area contributed by atoms with Gasteiger partial charge in [0.15, 0.2) is 0 Å². The van der Waals surface area contributed by atoms with Crippen molar-refractivity contribution in [3.05, 3.63) is 65.2 Å². The summed E-state index contributed by atoms with van der Waals surface area (Å²) in [7, 11) is -4.19. The Balaban J connectivity index is 1.62. The lowest BCUT2D eigenvalue weighted by Crippen LogP contribution is -2.36. The first-order chi connectivity index (χ1) is 17.6. The number of nitrogens with two attached hydrogens (primary N) is 1. The van der Waals surface area contributed by atoms with Crippen LogP contribution in [0.25, 0.3) is 11.3 Å². The maximum Gasteiger partial charge on any atom is 0.335 e. The van der Waals surface area contributed by atoms with Gasteiger partial charge in [-0.05, 0) is 62.4 Å². The van der Waals surface area contributed by atoms with E-state index in [1.54, 1.807) is 6.07 Å². The molecule has 0 radical (unpaired) electrons. The van der Waals surface area contributed by atoms with Crippen LogP contribution in [-0.4, -0.2) is 54.8 Å². The molecule has 0 aliphatic heterocycles. The molecule has 4 rings (SSSR count). The van der Waals surface area contributed by atoms with Gasteiger partial charge in [0, 0.05) is 11.6 Å². The first-order valence-electron chi connectivity index (χ1n) is 11.9. The van der Waals surface area contributed by atoms with Crippen molar-refractivity contribution >= 4 is 21.9 Å². The maximum atomic E-state index is 13.1. The number of ether oxygens (including phenoxy) is 2. The smallest absolute Gasteiger partial charge is 0.335 e. The van der Waals surface area contributed by atoms with Gasteiger partial charge in [-0.3, -0.25) is 0 Å². The summed E-state index contributed by atoms with van der Waals surface area (Å²) >= 11 is 0. The second-order valence-electron chi connectivity index (χ2n) is 9.08. The Morgan fingerprint density at radius 2 is 1.81 bits per heavy atom. The van der Waals surface area contributed by atoms with Gasteiger partial charge in [0.1, 0.15) is 6.61 Å². The Morgan fingerprint density at radius 1 is 1.11 bits per heavy atom. The number of aromatic nitrogens is 2. The van der Waals surface area contributed by atoms with Crippen LogP contribution in [0.15, 0.2) is 53.4 Å². The van der Waals surface area contributed by atoms with Crippen LogP contribution >= 0.6 is 0 Å². The molecule has 10 nitrogen and oxygen atoms in total. The second kappa shape index (κ2) is 11.2. The number of carboxylic acid groups (broad SMARTS) is 1. The molecule has 1 atom stereocenters. The number of aromatic carboxylic acids is 1. The number of hydrogen-bond donors (Lipinski definition) is 3. The third-order valence-corrected chi connectivity index (χ3v) is 7.43. The van der Waals surface area contributed by atoms with Crippen molar-refractivity contribution in [1.82, 2.24) is 9.97 Å². The van der Waals surface area contributed by atoms with Gasteiger partial charge in [-0.15, -0.1) is 0 Å². The van der Waals surface area contributed by atoms with E-state index in [2.05, 4.69) is 14.7 Å². The number of carboxylic acids is 1. The van der Waals surface area contributed by atoms with Crippen LogP contribution in [0.4, 0.5) is 5.95 Å². The Labute approximate surface area is 215 Å². The molecular weight excluding hydrogens is 496 g/mol. The molecule has 0 amide bonds. The van der Waals surface area contributed by atoms with E-state index < -0.39 is 22.0 Å². The second-order valence-corrected chi connectivity index (χ2v) is 10.8. The van der Waals surface area contributed by atoms with Crippen LogP contribution in [0, 0.1) is 13.8 Å². The van der Waals surface area contributed by atoms with Crippen molar-refractivity contribution in [1.29, 1.82) is 0 Å². The number of anilines is 1. The van der Waals surface area contributed by atoms with E-state index in [-0.39, 0.29) is 35.0 Å². The average molecular weight is 527 g/mol. The van der Waals surface area contributed by atoms with Crippen LogP contribution in [0.5, 0.6) is 5.88 Å². The third-order valence-electron chi connectivity index (χ3n) is 6.10. The molecule has 2 aromatic carbocycles. The highest BCUT2D eigenvalue weighted by Gasteiger charge is 2.21. The van der Waals surface area contributed by atoms with E-state index in [1.165, 1.54) is 18.2 Å². The summed E-state index contributed by atoms with van der Waals surface area (Å²) in [5.74, 6) is -1.31. The van der Waals surface area contributed by atoms with E-state index in [0.717, 1.165) is 42.0 Å². The molecule has 0 spiro atoms. The topological polar surface area (TPSA) is 154 Å². The van der Waals surface area contributed by atoms with Gasteiger partial charge in [0.25, 0.3) is 10.0 Å². The lowest BCUT2D eigenvalue weighted by Gasteiger charge is -2.26. The van der Waals surface area contributed by atoms with Crippen molar-refractivity contribution < 1.29 is 27.8 Å². The highest BCUT2D eigenvalue weighted by atomic mass is 32.2. The number of nitrogens with zero attached hydrogens (tertiary/aromatic N) is 2. The predicted octanol–water partition coefficient (Wildman–Crippen LogP) is 3.53. The highest BCUT2D eigenvalue weighted by molar-refractivity contribution is 7.92. The standard InChI is InChI=1S/C26H30N4O6S/c1-16-6-3-7-17(2)24(16)22-13-23(36-15-19(27)14-35-20-9-5-10-20)29-26(28-22)30-37(33,34)21-11-4-8-18(12-21)25(31)32/h3-4,6-8,11-13,19-20H,5,9-10,14-15,27H2,1-2H3,(H,31,32)(H,28,29,30)/t19-/m1/s1. The van der Waals surface area contributed by atoms with Gasteiger partial charge in [-0.2, -0.15) is 4.98 Å². The average Bonchev–Trinajstić information content (AvgIpc) is 2.81. The van der Waals surface area contributed by atoms with Crippen molar-refractivity contribution in [2.45, 2.75) is 50.2 Å². The van der Waals surface area contributed by atoms with Crippen LogP contribution in [0.3, 0.4) is 0 Å². The molecule has 1 fully saturated rings. The fourth-order valence-electron chi connectivity index (χ4n) is 3.90. The maximum absolute atomic E-state index is 13.1. The van der Waals surface area contributed by atoms with E-state index in [9.17, 15) is 18.3 Å².